The molecule has 0 radical (unpaired) electrons. The van der Waals surface area contributed by atoms with Gasteiger partial charge >= 0.3 is 0 Å². The van der Waals surface area contributed by atoms with Gasteiger partial charge in [0.15, 0.2) is 0 Å². The number of para-hydroxylation sites is 1. The fourth-order valence-electron chi connectivity index (χ4n) is 3.56. The fourth-order valence-corrected chi connectivity index (χ4v) is 3.56. The van der Waals surface area contributed by atoms with E-state index in [0.29, 0.717) is 5.69 Å². The number of aromatic amines is 2. The monoisotopic (exact) mass is 378 g/mol. The number of H-pyrrole nitrogens is 2. The van der Waals surface area contributed by atoms with Crippen LogP contribution in [-0.2, 0) is 17.6 Å². The van der Waals surface area contributed by atoms with E-state index in [1.807, 2.05) is 24.3 Å². The third-order valence-electron chi connectivity index (χ3n) is 5.02. The number of amides is 2. The van der Waals surface area contributed by atoms with Gasteiger partial charge in [-0.05, 0) is 49.4 Å². The van der Waals surface area contributed by atoms with Crippen molar-refractivity contribution in [1.82, 2.24) is 15.3 Å². The van der Waals surface area contributed by atoms with Crippen LogP contribution in [0.15, 0.2) is 41.2 Å². The Hall–Kier alpha value is -3.35. The van der Waals surface area contributed by atoms with Crippen molar-refractivity contribution in [2.24, 2.45) is 0 Å². The number of carbonyl (C=O) groups is 2. The molecule has 0 saturated carbocycles. The van der Waals surface area contributed by atoms with Crippen LogP contribution < -0.4 is 16.2 Å². The molecule has 144 valence electrons. The molecule has 1 aliphatic carbocycles. The molecule has 2 amide bonds. The number of aryl methyl sites for hydroxylation is 2. The van der Waals surface area contributed by atoms with Gasteiger partial charge in [-0.15, -0.1) is 0 Å². The normalized spacial score (nSPS) is 13.1. The van der Waals surface area contributed by atoms with E-state index in [9.17, 15) is 14.4 Å². The maximum Gasteiger partial charge on any atom is 0.271 e. The van der Waals surface area contributed by atoms with E-state index in [1.54, 1.807) is 12.1 Å². The van der Waals surface area contributed by atoms with E-state index in [1.165, 1.54) is 0 Å². The maximum absolute atomic E-state index is 12.2. The van der Waals surface area contributed by atoms with Crippen LogP contribution in [0.25, 0.3) is 10.9 Å². The summed E-state index contributed by atoms with van der Waals surface area (Å²) < 4.78 is 0. The second-order valence-electron chi connectivity index (χ2n) is 7.05. The highest BCUT2D eigenvalue weighted by Gasteiger charge is 2.15. The Bertz CT molecular complexity index is 1060. The first-order chi connectivity index (χ1) is 13.6. The lowest BCUT2D eigenvalue weighted by molar-refractivity contribution is -0.116. The van der Waals surface area contributed by atoms with E-state index >= 15 is 0 Å². The summed E-state index contributed by atoms with van der Waals surface area (Å²) in [5.41, 5.74) is 3.39. The van der Waals surface area contributed by atoms with Gasteiger partial charge in [0.1, 0.15) is 11.4 Å². The number of rotatable bonds is 5. The molecule has 7 heteroatoms. The smallest absolute Gasteiger partial charge is 0.271 e. The van der Waals surface area contributed by atoms with Crippen molar-refractivity contribution in [2.75, 3.05) is 11.9 Å². The molecular formula is C21H22N4O3. The maximum atomic E-state index is 12.2. The van der Waals surface area contributed by atoms with E-state index in [4.69, 9.17) is 0 Å². The van der Waals surface area contributed by atoms with Gasteiger partial charge in [-0.25, -0.2) is 0 Å². The first kappa shape index (κ1) is 18.0. The summed E-state index contributed by atoms with van der Waals surface area (Å²) in [5.74, 6) is -0.575. The van der Waals surface area contributed by atoms with Gasteiger partial charge in [0.25, 0.3) is 11.5 Å². The average molecular weight is 378 g/mol. The van der Waals surface area contributed by atoms with Gasteiger partial charge in [0.2, 0.25) is 5.91 Å². The number of fused-ring (bicyclic) bond motifs is 2. The van der Waals surface area contributed by atoms with Crippen LogP contribution in [0.2, 0.25) is 0 Å². The molecule has 4 rings (SSSR count). The fraction of sp³-hybridized carbons (Fsp3) is 0.286. The summed E-state index contributed by atoms with van der Waals surface area (Å²) in [5, 5.41) is 6.33. The number of hydrogen-bond acceptors (Lipinski definition) is 3. The number of aromatic nitrogens is 2. The molecule has 4 N–H and O–H groups in total. The third-order valence-corrected chi connectivity index (χ3v) is 5.02. The Morgan fingerprint density at radius 1 is 1.04 bits per heavy atom. The number of carbonyl (C=O) groups excluding carboxylic acids is 2. The van der Waals surface area contributed by atoms with Crippen LogP contribution in [-0.4, -0.2) is 28.3 Å². The molecule has 28 heavy (non-hydrogen) atoms. The molecule has 3 aromatic rings. The van der Waals surface area contributed by atoms with Crippen LogP contribution >= 0.6 is 0 Å². The second-order valence-corrected chi connectivity index (χ2v) is 7.05. The molecule has 0 fully saturated rings. The zero-order valence-electron chi connectivity index (χ0n) is 15.4. The standard InChI is InChI=1S/C21H22N4O3/c26-19(24-18-12-14-6-2-4-8-16(14)25-21(18)28)9-10-22-20(27)17-11-13-5-1-3-7-15(13)23-17/h1,3,5,7,11-12,23H,2,4,6,8-10H2,(H,22,27)(H,24,26)(H,25,28). The minimum Gasteiger partial charge on any atom is -0.351 e. The lowest BCUT2D eigenvalue weighted by atomic mass is 9.96. The highest BCUT2D eigenvalue weighted by molar-refractivity contribution is 5.98. The molecule has 2 heterocycles. The van der Waals surface area contributed by atoms with Gasteiger partial charge in [-0.2, -0.15) is 0 Å². The molecule has 1 aliphatic rings. The molecule has 7 nitrogen and oxygen atoms in total. The Labute approximate surface area is 161 Å². The Kier molecular flexibility index (Phi) is 4.97. The van der Waals surface area contributed by atoms with Crippen LogP contribution in [0.1, 0.15) is 41.0 Å². The summed E-state index contributed by atoms with van der Waals surface area (Å²) in [4.78, 5) is 42.5. The minimum atomic E-state index is -0.307. The predicted molar refractivity (Wildman–Crippen MR) is 108 cm³/mol. The molecule has 2 aromatic heterocycles. The van der Waals surface area contributed by atoms with Crippen LogP contribution in [0.4, 0.5) is 5.69 Å². The van der Waals surface area contributed by atoms with Crippen molar-refractivity contribution in [3.8, 4) is 0 Å². The summed E-state index contributed by atoms with van der Waals surface area (Å²) in [7, 11) is 0. The number of benzene rings is 1. The molecule has 0 saturated heterocycles. The van der Waals surface area contributed by atoms with Crippen molar-refractivity contribution in [3.05, 3.63) is 63.7 Å². The molecule has 0 bridgehead atoms. The number of pyridine rings is 1. The molecule has 1 aromatic carbocycles. The van der Waals surface area contributed by atoms with Crippen molar-refractivity contribution < 1.29 is 9.59 Å². The molecule has 0 unspecified atom stereocenters. The minimum absolute atomic E-state index is 0.0858. The summed E-state index contributed by atoms with van der Waals surface area (Å²) in [6, 6.07) is 11.2. The second kappa shape index (κ2) is 7.72. The van der Waals surface area contributed by atoms with Crippen LogP contribution in [0.5, 0.6) is 0 Å². The van der Waals surface area contributed by atoms with E-state index in [0.717, 1.165) is 47.8 Å². The largest absolute Gasteiger partial charge is 0.351 e. The highest BCUT2D eigenvalue weighted by atomic mass is 16.2. The van der Waals surface area contributed by atoms with Gasteiger partial charge in [0.05, 0.1) is 0 Å². The van der Waals surface area contributed by atoms with Crippen molar-refractivity contribution in [3.63, 3.8) is 0 Å². The summed E-state index contributed by atoms with van der Waals surface area (Å²) in [6.07, 6.45) is 4.04. The van der Waals surface area contributed by atoms with E-state index < -0.39 is 0 Å². The Morgan fingerprint density at radius 3 is 2.71 bits per heavy atom. The van der Waals surface area contributed by atoms with Gasteiger partial charge in [-0.1, -0.05) is 18.2 Å². The third kappa shape index (κ3) is 3.83. The van der Waals surface area contributed by atoms with Crippen molar-refractivity contribution >= 4 is 28.4 Å². The van der Waals surface area contributed by atoms with Gasteiger partial charge < -0.3 is 20.6 Å². The molecular weight excluding hydrogens is 356 g/mol. The molecule has 0 aliphatic heterocycles. The molecule has 0 atom stereocenters. The lowest BCUT2D eigenvalue weighted by Gasteiger charge is -2.16. The first-order valence-electron chi connectivity index (χ1n) is 9.51. The highest BCUT2D eigenvalue weighted by Crippen LogP contribution is 2.20. The zero-order valence-corrected chi connectivity index (χ0v) is 15.4. The van der Waals surface area contributed by atoms with Crippen LogP contribution in [0, 0.1) is 0 Å². The van der Waals surface area contributed by atoms with Crippen molar-refractivity contribution in [2.45, 2.75) is 32.1 Å². The van der Waals surface area contributed by atoms with Crippen LogP contribution in [0.3, 0.4) is 0 Å². The topological polar surface area (TPSA) is 107 Å². The zero-order chi connectivity index (χ0) is 19.5. The molecule has 0 spiro atoms. The van der Waals surface area contributed by atoms with Crippen molar-refractivity contribution in [1.29, 1.82) is 0 Å². The van der Waals surface area contributed by atoms with E-state index in [-0.39, 0.29) is 36.0 Å². The predicted octanol–water partition coefficient (Wildman–Crippen LogP) is 2.49. The SMILES string of the molecule is O=C(CCNC(=O)c1cc2ccccc2[nH]1)Nc1cc2c([nH]c1=O)CCCC2. The average Bonchev–Trinajstić information content (AvgIpc) is 3.13. The van der Waals surface area contributed by atoms with Gasteiger partial charge in [0, 0.05) is 29.6 Å². The first-order valence-corrected chi connectivity index (χ1v) is 9.51. The van der Waals surface area contributed by atoms with E-state index in [2.05, 4.69) is 20.6 Å². The van der Waals surface area contributed by atoms with Gasteiger partial charge in [-0.3, -0.25) is 14.4 Å². The number of nitrogens with one attached hydrogen (secondary N) is 4. The Balaban J connectivity index is 1.32. The number of hydrogen-bond donors (Lipinski definition) is 4. The summed E-state index contributed by atoms with van der Waals surface area (Å²) in [6.45, 7) is 0.183. The summed E-state index contributed by atoms with van der Waals surface area (Å²) >= 11 is 0. The lowest BCUT2D eigenvalue weighted by Crippen LogP contribution is -2.29. The Morgan fingerprint density at radius 2 is 1.86 bits per heavy atom. The quantitative estimate of drug-likeness (QED) is 0.548. The number of anilines is 1.